The SMILES string of the molecule is O=C(Nc1nc(-c2ccc(-c3ccccc3)cc2)cs1)C1CCCCN1S(=O)(=O)c1cccs1. The van der Waals surface area contributed by atoms with Crippen molar-refractivity contribution in [1.82, 2.24) is 9.29 Å². The van der Waals surface area contributed by atoms with Crippen molar-refractivity contribution in [3.8, 4) is 22.4 Å². The molecule has 2 aromatic carbocycles. The zero-order valence-electron chi connectivity index (χ0n) is 18.3. The molecular formula is C25H23N3O3S3. The summed E-state index contributed by atoms with van der Waals surface area (Å²) in [5.74, 6) is -0.333. The first kappa shape index (κ1) is 22.9. The standard InChI is InChI=1S/C25H23N3O3S3/c29-24(22-9-4-5-15-28(22)34(30,31)23-10-6-16-32-23)27-25-26-21(17-33-25)20-13-11-19(12-14-20)18-7-2-1-3-8-18/h1-3,6-8,10-14,16-17,22H,4-5,9,15H2,(H,26,27,29). The number of hydrogen-bond donors (Lipinski definition) is 1. The Hall–Kier alpha value is -2.85. The minimum atomic E-state index is -3.70. The van der Waals surface area contributed by atoms with Crippen LogP contribution in [0.1, 0.15) is 19.3 Å². The van der Waals surface area contributed by atoms with E-state index in [0.717, 1.165) is 35.2 Å². The Balaban J connectivity index is 1.30. The summed E-state index contributed by atoms with van der Waals surface area (Å²) in [5.41, 5.74) is 4.00. The van der Waals surface area contributed by atoms with Gasteiger partial charge in [-0.15, -0.1) is 22.7 Å². The third-order valence-corrected chi connectivity index (χ3v) is 9.88. The molecule has 0 spiro atoms. The maximum atomic E-state index is 13.1. The van der Waals surface area contributed by atoms with Crippen LogP contribution in [-0.4, -0.2) is 36.2 Å². The maximum Gasteiger partial charge on any atom is 0.253 e. The summed E-state index contributed by atoms with van der Waals surface area (Å²) in [4.78, 5) is 17.7. The molecule has 9 heteroatoms. The highest BCUT2D eigenvalue weighted by Gasteiger charge is 2.38. The summed E-state index contributed by atoms with van der Waals surface area (Å²) in [6, 6.07) is 20.8. The molecule has 2 aromatic heterocycles. The van der Waals surface area contributed by atoms with Gasteiger partial charge in [-0.25, -0.2) is 13.4 Å². The predicted octanol–water partition coefficient (Wildman–Crippen LogP) is 5.72. The first-order chi connectivity index (χ1) is 16.5. The summed E-state index contributed by atoms with van der Waals surface area (Å²) in [5, 5.41) is 6.94. The largest absolute Gasteiger partial charge is 0.301 e. The number of thiophene rings is 1. The molecule has 1 amide bonds. The van der Waals surface area contributed by atoms with E-state index in [1.807, 2.05) is 35.7 Å². The quantitative estimate of drug-likeness (QED) is 0.361. The summed E-state index contributed by atoms with van der Waals surface area (Å²) in [6.07, 6.45) is 2.05. The monoisotopic (exact) mass is 509 g/mol. The Labute approximate surface area is 207 Å². The van der Waals surface area contributed by atoms with E-state index in [4.69, 9.17) is 0 Å². The molecule has 1 unspecified atom stereocenters. The molecular weight excluding hydrogens is 486 g/mol. The van der Waals surface area contributed by atoms with E-state index in [-0.39, 0.29) is 10.1 Å². The van der Waals surface area contributed by atoms with Crippen molar-refractivity contribution >= 4 is 43.7 Å². The lowest BCUT2D eigenvalue weighted by molar-refractivity contribution is -0.120. The molecule has 174 valence electrons. The average molecular weight is 510 g/mol. The van der Waals surface area contributed by atoms with E-state index in [1.165, 1.54) is 27.0 Å². The number of aromatic nitrogens is 1. The van der Waals surface area contributed by atoms with E-state index in [1.54, 1.807) is 17.5 Å². The van der Waals surface area contributed by atoms with Crippen molar-refractivity contribution in [2.75, 3.05) is 11.9 Å². The van der Waals surface area contributed by atoms with Crippen LogP contribution in [0.5, 0.6) is 0 Å². The van der Waals surface area contributed by atoms with Gasteiger partial charge in [0.05, 0.1) is 5.69 Å². The number of carbonyl (C=O) groups excluding carboxylic acids is 1. The smallest absolute Gasteiger partial charge is 0.253 e. The highest BCUT2D eigenvalue weighted by Crippen LogP contribution is 2.30. The highest BCUT2D eigenvalue weighted by molar-refractivity contribution is 7.91. The Morgan fingerprint density at radius 3 is 2.38 bits per heavy atom. The van der Waals surface area contributed by atoms with Crippen LogP contribution in [0, 0.1) is 0 Å². The van der Waals surface area contributed by atoms with E-state index >= 15 is 0 Å². The zero-order chi connectivity index (χ0) is 23.5. The minimum absolute atomic E-state index is 0.266. The summed E-state index contributed by atoms with van der Waals surface area (Å²) < 4.78 is 27.8. The van der Waals surface area contributed by atoms with Crippen LogP contribution in [0.25, 0.3) is 22.4 Å². The Morgan fingerprint density at radius 1 is 0.912 bits per heavy atom. The van der Waals surface area contributed by atoms with Gasteiger partial charge >= 0.3 is 0 Å². The molecule has 0 bridgehead atoms. The maximum absolute atomic E-state index is 13.1. The number of amides is 1. The molecule has 1 saturated heterocycles. The first-order valence-corrected chi connectivity index (χ1v) is 14.2. The summed E-state index contributed by atoms with van der Waals surface area (Å²) >= 11 is 2.50. The summed E-state index contributed by atoms with van der Waals surface area (Å²) in [6.45, 7) is 0.342. The van der Waals surface area contributed by atoms with E-state index < -0.39 is 16.1 Å². The van der Waals surface area contributed by atoms with Crippen LogP contribution in [0.15, 0.2) is 81.7 Å². The molecule has 0 aliphatic carbocycles. The van der Waals surface area contributed by atoms with Gasteiger partial charge < -0.3 is 5.32 Å². The normalized spacial score (nSPS) is 16.9. The second-order valence-corrected chi connectivity index (χ2v) is 12.0. The van der Waals surface area contributed by atoms with Crippen molar-refractivity contribution in [3.05, 3.63) is 77.5 Å². The van der Waals surface area contributed by atoms with Crippen LogP contribution >= 0.6 is 22.7 Å². The van der Waals surface area contributed by atoms with Gasteiger partial charge in [-0.2, -0.15) is 4.31 Å². The molecule has 6 nitrogen and oxygen atoms in total. The van der Waals surface area contributed by atoms with Crippen molar-refractivity contribution < 1.29 is 13.2 Å². The van der Waals surface area contributed by atoms with Crippen LogP contribution < -0.4 is 5.32 Å². The van der Waals surface area contributed by atoms with Gasteiger partial charge in [-0.1, -0.05) is 67.1 Å². The van der Waals surface area contributed by atoms with Crippen LogP contribution in [-0.2, 0) is 14.8 Å². The molecule has 1 aliphatic heterocycles. The van der Waals surface area contributed by atoms with Gasteiger partial charge in [0.15, 0.2) is 5.13 Å². The lowest BCUT2D eigenvalue weighted by Gasteiger charge is -2.32. The van der Waals surface area contributed by atoms with Crippen LogP contribution in [0.4, 0.5) is 5.13 Å². The van der Waals surface area contributed by atoms with Gasteiger partial charge in [0.2, 0.25) is 5.91 Å². The fourth-order valence-electron chi connectivity index (χ4n) is 4.10. The number of rotatable bonds is 6. The molecule has 0 radical (unpaired) electrons. The van der Waals surface area contributed by atoms with Gasteiger partial charge in [0, 0.05) is 17.5 Å². The molecule has 5 rings (SSSR count). The number of nitrogens with one attached hydrogen (secondary N) is 1. The molecule has 34 heavy (non-hydrogen) atoms. The molecule has 1 atom stereocenters. The lowest BCUT2D eigenvalue weighted by atomic mass is 10.0. The number of sulfonamides is 1. The zero-order valence-corrected chi connectivity index (χ0v) is 20.7. The van der Waals surface area contributed by atoms with Crippen molar-refractivity contribution in [2.24, 2.45) is 0 Å². The Morgan fingerprint density at radius 2 is 1.65 bits per heavy atom. The Bertz CT molecular complexity index is 1370. The summed E-state index contributed by atoms with van der Waals surface area (Å²) in [7, 11) is -3.70. The Kier molecular flexibility index (Phi) is 6.60. The number of benzene rings is 2. The molecule has 1 N–H and O–H groups in total. The molecule has 4 aromatic rings. The van der Waals surface area contributed by atoms with Gasteiger partial charge in [0.25, 0.3) is 10.0 Å². The molecule has 1 aliphatic rings. The molecule has 3 heterocycles. The van der Waals surface area contributed by atoms with E-state index in [2.05, 4.69) is 34.6 Å². The van der Waals surface area contributed by atoms with Gasteiger partial charge in [-0.05, 0) is 35.4 Å². The van der Waals surface area contributed by atoms with Gasteiger partial charge in [-0.3, -0.25) is 4.79 Å². The number of hydrogen-bond acceptors (Lipinski definition) is 6. The van der Waals surface area contributed by atoms with Crippen LogP contribution in [0.3, 0.4) is 0 Å². The number of nitrogens with zero attached hydrogens (tertiary/aromatic N) is 2. The fraction of sp³-hybridized carbons (Fsp3) is 0.200. The van der Waals surface area contributed by atoms with Crippen molar-refractivity contribution in [2.45, 2.75) is 29.5 Å². The highest BCUT2D eigenvalue weighted by atomic mass is 32.2. The first-order valence-electron chi connectivity index (χ1n) is 11.0. The number of piperidine rings is 1. The van der Waals surface area contributed by atoms with Crippen molar-refractivity contribution in [1.29, 1.82) is 0 Å². The van der Waals surface area contributed by atoms with Crippen LogP contribution in [0.2, 0.25) is 0 Å². The predicted molar refractivity (Wildman–Crippen MR) is 137 cm³/mol. The van der Waals surface area contributed by atoms with E-state index in [0.29, 0.717) is 18.1 Å². The average Bonchev–Trinajstić information content (AvgIpc) is 3.58. The molecule has 0 saturated carbocycles. The second kappa shape index (κ2) is 9.79. The number of anilines is 1. The number of thiazole rings is 1. The number of carbonyl (C=O) groups is 1. The molecule has 1 fully saturated rings. The second-order valence-electron chi connectivity index (χ2n) is 8.03. The topological polar surface area (TPSA) is 79.4 Å². The van der Waals surface area contributed by atoms with Crippen molar-refractivity contribution in [3.63, 3.8) is 0 Å². The third kappa shape index (κ3) is 4.69. The lowest BCUT2D eigenvalue weighted by Crippen LogP contribution is -2.49. The fourth-order valence-corrected chi connectivity index (χ4v) is 7.60. The third-order valence-electron chi connectivity index (χ3n) is 5.84. The van der Waals surface area contributed by atoms with E-state index in [9.17, 15) is 13.2 Å². The minimum Gasteiger partial charge on any atom is -0.301 e. The van der Waals surface area contributed by atoms with Gasteiger partial charge in [0.1, 0.15) is 10.3 Å².